The average molecular weight is 283 g/mol. The van der Waals surface area contributed by atoms with Gasteiger partial charge in [0.1, 0.15) is 11.3 Å². The Morgan fingerprint density at radius 2 is 2.10 bits per heavy atom. The number of nitro groups is 1. The first kappa shape index (κ1) is 15.4. The topological polar surface area (TPSA) is 116 Å². The molecule has 0 aliphatic heterocycles. The van der Waals surface area contributed by atoms with E-state index in [9.17, 15) is 19.7 Å². The predicted molar refractivity (Wildman–Crippen MR) is 66.8 cm³/mol. The molecule has 0 aromatic heterocycles. The summed E-state index contributed by atoms with van der Waals surface area (Å²) in [4.78, 5) is 31.8. The van der Waals surface area contributed by atoms with Crippen LogP contribution in [0.1, 0.15) is 23.2 Å². The Labute approximate surface area is 114 Å². The second-order valence-corrected chi connectivity index (χ2v) is 3.77. The number of esters is 1. The number of carbonyl (C=O) groups excluding carboxylic acids is 1. The van der Waals surface area contributed by atoms with Gasteiger partial charge in [-0.25, -0.2) is 4.79 Å². The van der Waals surface area contributed by atoms with Crippen molar-refractivity contribution in [1.82, 2.24) is 0 Å². The fraction of sp³-hybridized carbons (Fsp3) is 0.333. The standard InChI is InChI=1S/C12H13NO7/c1-19-11(14)3-2-6-20-10-5-4-8(13(17)18)7-9(10)12(15)16/h4-5,7H,2-3,6H2,1H3,(H,15,16). The molecule has 0 bridgehead atoms. The molecular formula is C12H13NO7. The minimum absolute atomic E-state index is 0.0213. The first-order valence-corrected chi connectivity index (χ1v) is 5.67. The van der Waals surface area contributed by atoms with Crippen molar-refractivity contribution in [3.63, 3.8) is 0 Å². The highest BCUT2D eigenvalue weighted by Gasteiger charge is 2.17. The maximum atomic E-state index is 11.0. The minimum atomic E-state index is -1.32. The molecule has 0 saturated heterocycles. The first-order chi connectivity index (χ1) is 9.45. The van der Waals surface area contributed by atoms with E-state index in [2.05, 4.69) is 4.74 Å². The Kier molecular flexibility index (Phi) is 5.45. The van der Waals surface area contributed by atoms with E-state index in [0.29, 0.717) is 6.42 Å². The second kappa shape index (κ2) is 7.07. The van der Waals surface area contributed by atoms with Gasteiger partial charge in [0.05, 0.1) is 18.6 Å². The number of carbonyl (C=O) groups is 2. The van der Waals surface area contributed by atoms with Crippen molar-refractivity contribution in [2.24, 2.45) is 0 Å². The summed E-state index contributed by atoms with van der Waals surface area (Å²) in [6.07, 6.45) is 0.495. The summed E-state index contributed by atoms with van der Waals surface area (Å²) in [5.41, 5.74) is -0.624. The van der Waals surface area contributed by atoms with E-state index in [0.717, 1.165) is 12.1 Å². The van der Waals surface area contributed by atoms with E-state index in [-0.39, 0.29) is 30.0 Å². The number of hydrogen-bond acceptors (Lipinski definition) is 6. The van der Waals surface area contributed by atoms with Crippen LogP contribution in [0.25, 0.3) is 0 Å². The minimum Gasteiger partial charge on any atom is -0.493 e. The van der Waals surface area contributed by atoms with E-state index >= 15 is 0 Å². The number of rotatable bonds is 7. The Morgan fingerprint density at radius 3 is 2.65 bits per heavy atom. The van der Waals surface area contributed by atoms with Crippen LogP contribution in [-0.4, -0.2) is 35.7 Å². The maximum absolute atomic E-state index is 11.0. The molecule has 0 aliphatic rings. The van der Waals surface area contributed by atoms with Crippen LogP contribution in [0.3, 0.4) is 0 Å². The fourth-order valence-electron chi connectivity index (χ4n) is 1.43. The molecule has 0 atom stereocenters. The Hall–Kier alpha value is -2.64. The van der Waals surface area contributed by atoms with E-state index in [1.54, 1.807) is 0 Å². The normalized spacial score (nSPS) is 9.85. The third-order valence-electron chi connectivity index (χ3n) is 2.41. The maximum Gasteiger partial charge on any atom is 0.339 e. The van der Waals surface area contributed by atoms with Gasteiger partial charge >= 0.3 is 11.9 Å². The van der Waals surface area contributed by atoms with Crippen LogP contribution in [0.4, 0.5) is 5.69 Å². The summed E-state index contributed by atoms with van der Waals surface area (Å²) in [5, 5.41) is 19.6. The molecule has 1 rings (SSSR count). The van der Waals surface area contributed by atoms with Gasteiger partial charge < -0.3 is 14.6 Å². The van der Waals surface area contributed by atoms with Gasteiger partial charge in [-0.05, 0) is 12.5 Å². The van der Waals surface area contributed by atoms with Crippen LogP contribution in [0, 0.1) is 10.1 Å². The van der Waals surface area contributed by atoms with E-state index in [1.807, 2.05) is 0 Å². The zero-order chi connectivity index (χ0) is 15.1. The van der Waals surface area contributed by atoms with Crippen LogP contribution in [0.2, 0.25) is 0 Å². The molecule has 8 nitrogen and oxygen atoms in total. The summed E-state index contributed by atoms with van der Waals surface area (Å²) < 4.78 is 9.66. The lowest BCUT2D eigenvalue weighted by Crippen LogP contribution is -2.07. The number of ether oxygens (including phenoxy) is 2. The average Bonchev–Trinajstić information content (AvgIpc) is 2.42. The molecular weight excluding hydrogens is 270 g/mol. The van der Waals surface area contributed by atoms with Crippen molar-refractivity contribution in [3.8, 4) is 5.75 Å². The van der Waals surface area contributed by atoms with Gasteiger partial charge in [0.2, 0.25) is 0 Å². The Morgan fingerprint density at radius 1 is 1.40 bits per heavy atom. The summed E-state index contributed by atoms with van der Waals surface area (Å²) in [7, 11) is 1.27. The van der Waals surface area contributed by atoms with Gasteiger partial charge in [-0.15, -0.1) is 0 Å². The molecule has 8 heteroatoms. The van der Waals surface area contributed by atoms with Crippen molar-refractivity contribution in [2.45, 2.75) is 12.8 Å². The number of nitrogens with zero attached hydrogens (tertiary/aromatic N) is 1. The molecule has 1 aromatic rings. The van der Waals surface area contributed by atoms with E-state index in [4.69, 9.17) is 9.84 Å². The Balaban J connectivity index is 2.72. The summed E-state index contributed by atoms with van der Waals surface area (Å²) in [6, 6.07) is 3.31. The number of non-ortho nitro benzene ring substituents is 1. The van der Waals surface area contributed by atoms with Crippen LogP contribution < -0.4 is 4.74 Å². The number of methoxy groups -OCH3 is 1. The summed E-state index contributed by atoms with van der Waals surface area (Å²) >= 11 is 0. The predicted octanol–water partition coefficient (Wildman–Crippen LogP) is 1.62. The lowest BCUT2D eigenvalue weighted by atomic mass is 10.2. The largest absolute Gasteiger partial charge is 0.493 e. The number of carboxylic acid groups (broad SMARTS) is 1. The highest BCUT2D eigenvalue weighted by Crippen LogP contribution is 2.24. The van der Waals surface area contributed by atoms with Crippen molar-refractivity contribution in [1.29, 1.82) is 0 Å². The van der Waals surface area contributed by atoms with Gasteiger partial charge in [-0.2, -0.15) is 0 Å². The highest BCUT2D eigenvalue weighted by atomic mass is 16.6. The first-order valence-electron chi connectivity index (χ1n) is 5.67. The van der Waals surface area contributed by atoms with Crippen LogP contribution in [0.5, 0.6) is 5.75 Å². The van der Waals surface area contributed by atoms with Crippen LogP contribution >= 0.6 is 0 Å². The van der Waals surface area contributed by atoms with Gasteiger partial charge in [0.15, 0.2) is 0 Å². The zero-order valence-electron chi connectivity index (χ0n) is 10.7. The number of aromatic carboxylic acids is 1. The van der Waals surface area contributed by atoms with Crippen molar-refractivity contribution in [2.75, 3.05) is 13.7 Å². The Bertz CT molecular complexity index is 527. The molecule has 0 spiro atoms. The monoisotopic (exact) mass is 283 g/mol. The van der Waals surface area contributed by atoms with Gasteiger partial charge in [-0.1, -0.05) is 0 Å². The zero-order valence-corrected chi connectivity index (χ0v) is 10.7. The second-order valence-electron chi connectivity index (χ2n) is 3.77. The SMILES string of the molecule is COC(=O)CCCOc1ccc([N+](=O)[O-])cc1C(=O)O. The number of nitro benzene ring substituents is 1. The number of benzene rings is 1. The van der Waals surface area contributed by atoms with Crippen LogP contribution in [0.15, 0.2) is 18.2 Å². The molecule has 108 valence electrons. The third kappa shape index (κ3) is 4.23. The molecule has 1 aromatic carbocycles. The smallest absolute Gasteiger partial charge is 0.339 e. The van der Waals surface area contributed by atoms with Crippen molar-refractivity contribution < 1.29 is 29.1 Å². The van der Waals surface area contributed by atoms with Gasteiger partial charge in [0, 0.05) is 18.6 Å². The number of carboxylic acids is 1. The van der Waals surface area contributed by atoms with Crippen molar-refractivity contribution >= 4 is 17.6 Å². The molecule has 0 radical (unpaired) electrons. The quantitative estimate of drug-likeness (QED) is 0.350. The van der Waals surface area contributed by atoms with Crippen molar-refractivity contribution in [3.05, 3.63) is 33.9 Å². The van der Waals surface area contributed by atoms with Crippen LogP contribution in [-0.2, 0) is 9.53 Å². The third-order valence-corrected chi connectivity index (χ3v) is 2.41. The summed E-state index contributed by atoms with van der Waals surface area (Å²) in [6.45, 7) is 0.104. The molecule has 0 saturated carbocycles. The fourth-order valence-corrected chi connectivity index (χ4v) is 1.43. The molecule has 0 amide bonds. The van der Waals surface area contributed by atoms with E-state index < -0.39 is 16.9 Å². The highest BCUT2D eigenvalue weighted by molar-refractivity contribution is 5.91. The van der Waals surface area contributed by atoms with E-state index in [1.165, 1.54) is 13.2 Å². The molecule has 0 heterocycles. The lowest BCUT2D eigenvalue weighted by molar-refractivity contribution is -0.384. The lowest BCUT2D eigenvalue weighted by Gasteiger charge is -2.08. The molecule has 20 heavy (non-hydrogen) atoms. The van der Waals surface area contributed by atoms with Gasteiger partial charge in [0.25, 0.3) is 5.69 Å². The summed E-state index contributed by atoms with van der Waals surface area (Å²) in [5.74, 6) is -1.69. The molecule has 0 fully saturated rings. The molecule has 0 unspecified atom stereocenters. The number of hydrogen-bond donors (Lipinski definition) is 1. The molecule has 0 aliphatic carbocycles. The van der Waals surface area contributed by atoms with Gasteiger partial charge in [-0.3, -0.25) is 14.9 Å². The molecule has 1 N–H and O–H groups in total.